The van der Waals surface area contributed by atoms with Crippen molar-refractivity contribution >= 4 is 27.6 Å². The van der Waals surface area contributed by atoms with E-state index in [-0.39, 0.29) is 23.1 Å². The number of carboxylic acid groups (broad SMARTS) is 1. The topological polar surface area (TPSA) is 92.7 Å². The van der Waals surface area contributed by atoms with E-state index in [9.17, 15) is 17.6 Å². The van der Waals surface area contributed by atoms with Gasteiger partial charge in [0.05, 0.1) is 10.6 Å². The summed E-state index contributed by atoms with van der Waals surface area (Å²) in [4.78, 5) is 11.9. The van der Waals surface area contributed by atoms with E-state index in [2.05, 4.69) is 5.32 Å². The van der Waals surface area contributed by atoms with Crippen LogP contribution in [0.5, 0.6) is 5.75 Å². The highest BCUT2D eigenvalue weighted by Gasteiger charge is 2.14. The number of aliphatic carboxylic acids is 1. The summed E-state index contributed by atoms with van der Waals surface area (Å²) >= 11 is 1.65. The maximum Gasteiger partial charge on any atom is 0.341 e. The first-order chi connectivity index (χ1) is 16.7. The van der Waals surface area contributed by atoms with E-state index in [1.54, 1.807) is 54.2 Å². The molecule has 0 aliphatic rings. The number of benzene rings is 3. The van der Waals surface area contributed by atoms with Gasteiger partial charge in [-0.25, -0.2) is 17.6 Å². The van der Waals surface area contributed by atoms with Gasteiger partial charge in [0.2, 0.25) is 0 Å². The van der Waals surface area contributed by atoms with Gasteiger partial charge in [-0.2, -0.15) is 0 Å². The molecule has 0 amide bonds. The molecule has 0 bridgehead atoms. The Morgan fingerprint density at radius 2 is 1.80 bits per heavy atom. The van der Waals surface area contributed by atoms with Crippen LogP contribution in [0, 0.1) is 12.7 Å². The maximum atomic E-state index is 13.4. The number of aryl methyl sites for hydroxylation is 1. The third-order valence-electron chi connectivity index (χ3n) is 5.18. The first-order valence-electron chi connectivity index (χ1n) is 11.1. The zero-order valence-electron chi connectivity index (χ0n) is 19.4. The molecule has 0 heterocycles. The van der Waals surface area contributed by atoms with E-state index in [4.69, 9.17) is 9.84 Å². The first kappa shape index (κ1) is 26.7. The standard InChI is InChI=1S/C26H28FNO5S2/c1-19-16-23(8-11-25(19)33-18-26(29)30)34-14-13-28-12-3-15-35(31,32)24-9-6-20(7-10-24)21-4-2-5-22(27)17-21/h2,4-11,16-17,28H,3,12-15,18H2,1H3,(H,29,30). The van der Waals surface area contributed by atoms with E-state index in [0.29, 0.717) is 24.3 Å². The van der Waals surface area contributed by atoms with Crippen molar-refractivity contribution < 1.29 is 27.4 Å². The van der Waals surface area contributed by atoms with Crippen LogP contribution in [-0.4, -0.2) is 50.7 Å². The van der Waals surface area contributed by atoms with Crippen LogP contribution < -0.4 is 10.1 Å². The van der Waals surface area contributed by atoms with Gasteiger partial charge >= 0.3 is 5.97 Å². The van der Waals surface area contributed by atoms with Gasteiger partial charge in [0, 0.05) is 17.2 Å². The SMILES string of the molecule is Cc1cc(SCCNCCCS(=O)(=O)c2ccc(-c3cccc(F)c3)cc2)ccc1OCC(=O)O. The second-order valence-electron chi connectivity index (χ2n) is 7.92. The minimum Gasteiger partial charge on any atom is -0.482 e. The zero-order valence-corrected chi connectivity index (χ0v) is 21.0. The second kappa shape index (κ2) is 12.7. The molecule has 0 fully saturated rings. The molecule has 6 nitrogen and oxygen atoms in total. The quantitative estimate of drug-likeness (QED) is 0.248. The maximum absolute atomic E-state index is 13.4. The lowest BCUT2D eigenvalue weighted by Gasteiger charge is -2.10. The fraction of sp³-hybridized carbons (Fsp3) is 0.269. The lowest BCUT2D eigenvalue weighted by molar-refractivity contribution is -0.139. The molecule has 0 aromatic heterocycles. The molecular formula is C26H28FNO5S2. The fourth-order valence-electron chi connectivity index (χ4n) is 3.41. The Labute approximate surface area is 209 Å². The second-order valence-corrected chi connectivity index (χ2v) is 11.2. The highest BCUT2D eigenvalue weighted by Crippen LogP contribution is 2.25. The summed E-state index contributed by atoms with van der Waals surface area (Å²) in [6.07, 6.45) is 0.493. The summed E-state index contributed by atoms with van der Waals surface area (Å²) in [6, 6.07) is 18.3. The van der Waals surface area contributed by atoms with Crippen molar-refractivity contribution in [2.75, 3.05) is 31.2 Å². The van der Waals surface area contributed by atoms with Crippen LogP contribution in [0.25, 0.3) is 11.1 Å². The highest BCUT2D eigenvalue weighted by molar-refractivity contribution is 7.99. The minimum absolute atomic E-state index is 0.0451. The van der Waals surface area contributed by atoms with Gasteiger partial charge in [-0.15, -0.1) is 11.8 Å². The van der Waals surface area contributed by atoms with Crippen molar-refractivity contribution in [1.82, 2.24) is 5.32 Å². The van der Waals surface area contributed by atoms with E-state index in [1.807, 2.05) is 19.1 Å². The first-order valence-corrected chi connectivity index (χ1v) is 13.8. The van der Waals surface area contributed by atoms with Gasteiger partial charge in [-0.3, -0.25) is 0 Å². The van der Waals surface area contributed by atoms with Crippen molar-refractivity contribution in [2.45, 2.75) is 23.1 Å². The summed E-state index contributed by atoms with van der Waals surface area (Å²) in [5.74, 6) is 0.0628. The zero-order chi connectivity index (χ0) is 25.3. The Hall–Kier alpha value is -2.88. The number of nitrogens with one attached hydrogen (secondary N) is 1. The molecule has 3 rings (SSSR count). The number of hydrogen-bond donors (Lipinski definition) is 2. The molecular weight excluding hydrogens is 489 g/mol. The molecule has 0 saturated heterocycles. The van der Waals surface area contributed by atoms with Crippen LogP contribution >= 0.6 is 11.8 Å². The van der Waals surface area contributed by atoms with Gasteiger partial charge in [-0.1, -0.05) is 24.3 Å². The van der Waals surface area contributed by atoms with E-state index < -0.39 is 15.8 Å². The third-order valence-corrected chi connectivity index (χ3v) is 8.00. The number of ether oxygens (including phenoxy) is 1. The molecule has 0 spiro atoms. The average molecular weight is 518 g/mol. The number of rotatable bonds is 13. The summed E-state index contributed by atoms with van der Waals surface area (Å²) in [7, 11) is -3.39. The number of thioether (sulfide) groups is 1. The Bertz CT molecular complexity index is 1250. The summed E-state index contributed by atoms with van der Waals surface area (Å²) < 4.78 is 43.9. The molecule has 3 aromatic rings. The van der Waals surface area contributed by atoms with E-state index >= 15 is 0 Å². The van der Waals surface area contributed by atoms with E-state index in [0.717, 1.165) is 28.3 Å². The average Bonchev–Trinajstić information content (AvgIpc) is 2.83. The summed E-state index contributed by atoms with van der Waals surface area (Å²) in [6.45, 7) is 2.81. The minimum atomic E-state index is -3.39. The Morgan fingerprint density at radius 1 is 1.03 bits per heavy atom. The van der Waals surface area contributed by atoms with Gasteiger partial charge in [0.25, 0.3) is 0 Å². The molecule has 3 aromatic carbocycles. The molecule has 0 unspecified atom stereocenters. The van der Waals surface area contributed by atoms with Gasteiger partial charge in [0.15, 0.2) is 16.4 Å². The van der Waals surface area contributed by atoms with E-state index in [1.165, 1.54) is 12.1 Å². The molecule has 0 aliphatic carbocycles. The monoisotopic (exact) mass is 517 g/mol. The number of halogens is 1. The number of carboxylic acids is 1. The number of carbonyl (C=O) groups is 1. The van der Waals surface area contributed by atoms with Crippen LogP contribution in [0.1, 0.15) is 12.0 Å². The van der Waals surface area contributed by atoms with Crippen molar-refractivity contribution in [3.63, 3.8) is 0 Å². The molecule has 0 radical (unpaired) electrons. The largest absolute Gasteiger partial charge is 0.482 e. The van der Waals surface area contributed by atoms with Crippen molar-refractivity contribution in [3.8, 4) is 16.9 Å². The normalized spacial score (nSPS) is 11.4. The van der Waals surface area contributed by atoms with Crippen LogP contribution in [-0.2, 0) is 14.6 Å². The number of hydrogen-bond acceptors (Lipinski definition) is 6. The molecule has 186 valence electrons. The lowest BCUT2D eigenvalue weighted by Crippen LogP contribution is -2.21. The van der Waals surface area contributed by atoms with Crippen molar-refractivity contribution in [1.29, 1.82) is 0 Å². The van der Waals surface area contributed by atoms with Gasteiger partial charge in [-0.05, 0) is 79.0 Å². The molecule has 0 atom stereocenters. The molecule has 2 N–H and O–H groups in total. The van der Waals surface area contributed by atoms with Crippen LogP contribution in [0.15, 0.2) is 76.5 Å². The number of sulfone groups is 1. The third kappa shape index (κ3) is 8.38. The molecule has 9 heteroatoms. The molecule has 35 heavy (non-hydrogen) atoms. The summed E-state index contributed by atoms with van der Waals surface area (Å²) in [5.41, 5.74) is 2.34. The van der Waals surface area contributed by atoms with Crippen LogP contribution in [0.4, 0.5) is 4.39 Å². The predicted octanol–water partition coefficient (Wildman–Crippen LogP) is 4.81. The van der Waals surface area contributed by atoms with Crippen molar-refractivity contribution in [2.24, 2.45) is 0 Å². The lowest BCUT2D eigenvalue weighted by atomic mass is 10.1. The Morgan fingerprint density at radius 3 is 2.49 bits per heavy atom. The predicted molar refractivity (Wildman–Crippen MR) is 136 cm³/mol. The highest BCUT2D eigenvalue weighted by atomic mass is 32.2. The molecule has 0 saturated carbocycles. The van der Waals surface area contributed by atoms with Crippen molar-refractivity contribution in [3.05, 3.63) is 78.1 Å². The molecule has 0 aliphatic heterocycles. The summed E-state index contributed by atoms with van der Waals surface area (Å²) in [5, 5.41) is 12.0. The fourth-order valence-corrected chi connectivity index (χ4v) is 5.62. The smallest absolute Gasteiger partial charge is 0.341 e. The van der Waals surface area contributed by atoms with Crippen LogP contribution in [0.3, 0.4) is 0 Å². The van der Waals surface area contributed by atoms with Gasteiger partial charge in [0.1, 0.15) is 11.6 Å². The Kier molecular flexibility index (Phi) is 9.71. The van der Waals surface area contributed by atoms with Crippen LogP contribution in [0.2, 0.25) is 0 Å². The van der Waals surface area contributed by atoms with Gasteiger partial charge < -0.3 is 15.2 Å². The Balaban J connectivity index is 1.37.